The third kappa shape index (κ3) is 2.28. The number of carboxylic acids is 1. The molecule has 0 atom stereocenters. The topological polar surface area (TPSA) is 67.5 Å². The molecule has 1 aromatic carbocycles. The molecule has 88 valence electrons. The summed E-state index contributed by atoms with van der Waals surface area (Å²) in [5, 5.41) is 9.33. The van der Waals surface area contributed by atoms with Crippen LogP contribution in [0.4, 0.5) is 0 Å². The smallest absolute Gasteiger partial charge is 0.308 e. The Labute approximate surface area is 105 Å². The zero-order valence-electron chi connectivity index (χ0n) is 8.37. The minimum atomic E-state index is -1.11. The van der Waals surface area contributed by atoms with Gasteiger partial charge in [0.2, 0.25) is 0 Å². The predicted molar refractivity (Wildman–Crippen MR) is 63.8 cm³/mol. The van der Waals surface area contributed by atoms with Crippen molar-refractivity contribution in [3.63, 3.8) is 0 Å². The van der Waals surface area contributed by atoms with E-state index in [0.717, 1.165) is 6.26 Å². The van der Waals surface area contributed by atoms with Gasteiger partial charge in [-0.05, 0) is 12.1 Å². The minimum absolute atomic E-state index is 0.0586. The van der Waals surface area contributed by atoms with Crippen LogP contribution in [-0.2, 0) is 11.2 Å². The maximum Gasteiger partial charge on any atom is 0.308 e. The molecule has 1 heterocycles. The molecule has 0 aliphatic heterocycles. The molecule has 0 amide bonds. The number of hydrogen-bond donors (Lipinski definition) is 1. The number of carboxylic acid groups (broad SMARTS) is 1. The van der Waals surface area contributed by atoms with Crippen LogP contribution in [0.5, 0.6) is 0 Å². The SMILES string of the molecule is O=C(O)Cc1coc2c(Cl)cc(Cl)cc2c1=O. The van der Waals surface area contributed by atoms with Crippen LogP contribution in [0.25, 0.3) is 11.0 Å². The van der Waals surface area contributed by atoms with Crippen molar-refractivity contribution in [1.82, 2.24) is 0 Å². The number of fused-ring (bicyclic) bond motifs is 1. The fourth-order valence-corrected chi connectivity index (χ4v) is 2.03. The van der Waals surface area contributed by atoms with Crippen molar-refractivity contribution in [1.29, 1.82) is 0 Å². The maximum atomic E-state index is 11.9. The van der Waals surface area contributed by atoms with Crippen LogP contribution in [0.1, 0.15) is 5.56 Å². The van der Waals surface area contributed by atoms with E-state index < -0.39 is 17.8 Å². The Kier molecular flexibility index (Phi) is 3.09. The third-order valence-corrected chi connectivity index (χ3v) is 2.70. The first-order valence-electron chi connectivity index (χ1n) is 4.60. The summed E-state index contributed by atoms with van der Waals surface area (Å²) < 4.78 is 5.16. The lowest BCUT2D eigenvalue weighted by molar-refractivity contribution is -0.136. The first-order chi connectivity index (χ1) is 7.99. The average molecular weight is 273 g/mol. The molecule has 1 aromatic heterocycles. The highest BCUT2D eigenvalue weighted by molar-refractivity contribution is 6.38. The Hall–Kier alpha value is -1.52. The Morgan fingerprint density at radius 2 is 2.06 bits per heavy atom. The standard InChI is InChI=1S/C11H6Cl2O4/c12-6-2-7-10(16)5(1-9(14)15)4-17-11(7)8(13)3-6/h2-4H,1H2,(H,14,15). The molecule has 0 bridgehead atoms. The summed E-state index contributed by atoms with van der Waals surface area (Å²) in [5.41, 5.74) is -0.170. The van der Waals surface area contributed by atoms with Gasteiger partial charge < -0.3 is 9.52 Å². The molecule has 0 saturated heterocycles. The van der Waals surface area contributed by atoms with Gasteiger partial charge in [-0.3, -0.25) is 9.59 Å². The molecule has 0 radical (unpaired) electrons. The summed E-state index contributed by atoms with van der Waals surface area (Å²) in [6, 6.07) is 2.85. The van der Waals surface area contributed by atoms with Crippen LogP contribution in [0.3, 0.4) is 0 Å². The van der Waals surface area contributed by atoms with Crippen LogP contribution in [-0.4, -0.2) is 11.1 Å². The van der Waals surface area contributed by atoms with Crippen molar-refractivity contribution >= 4 is 40.1 Å². The molecule has 1 N–H and O–H groups in total. The van der Waals surface area contributed by atoms with Gasteiger partial charge in [0.15, 0.2) is 11.0 Å². The van der Waals surface area contributed by atoms with Crippen molar-refractivity contribution in [2.45, 2.75) is 6.42 Å². The molecule has 6 heteroatoms. The van der Waals surface area contributed by atoms with Crippen LogP contribution in [0.2, 0.25) is 10.0 Å². The Bertz CT molecular complexity index is 660. The van der Waals surface area contributed by atoms with E-state index >= 15 is 0 Å². The van der Waals surface area contributed by atoms with Gasteiger partial charge in [0.25, 0.3) is 0 Å². The number of carbonyl (C=O) groups is 1. The minimum Gasteiger partial charge on any atom is -0.481 e. The second-order valence-electron chi connectivity index (χ2n) is 3.42. The van der Waals surface area contributed by atoms with E-state index in [-0.39, 0.29) is 21.6 Å². The predicted octanol–water partition coefficient (Wildman–Crippen LogP) is 2.73. The molecule has 17 heavy (non-hydrogen) atoms. The summed E-state index contributed by atoms with van der Waals surface area (Å²) in [5.74, 6) is -1.11. The molecule has 4 nitrogen and oxygen atoms in total. The molecule has 0 aliphatic carbocycles. The molecule has 0 saturated carbocycles. The highest BCUT2D eigenvalue weighted by Crippen LogP contribution is 2.26. The zero-order chi connectivity index (χ0) is 12.6. The fourth-order valence-electron chi connectivity index (χ4n) is 1.49. The number of hydrogen-bond acceptors (Lipinski definition) is 3. The highest BCUT2D eigenvalue weighted by atomic mass is 35.5. The van der Waals surface area contributed by atoms with Gasteiger partial charge in [0, 0.05) is 10.6 Å². The summed E-state index contributed by atoms with van der Waals surface area (Å²) in [6.07, 6.45) is 0.709. The Morgan fingerprint density at radius 1 is 1.35 bits per heavy atom. The average Bonchev–Trinajstić information content (AvgIpc) is 2.22. The first kappa shape index (κ1) is 12.0. The highest BCUT2D eigenvalue weighted by Gasteiger charge is 2.12. The summed E-state index contributed by atoms with van der Waals surface area (Å²) in [4.78, 5) is 22.5. The molecule has 2 rings (SSSR count). The first-order valence-corrected chi connectivity index (χ1v) is 5.36. The molecule has 0 fully saturated rings. The maximum absolute atomic E-state index is 11.9. The Balaban J connectivity index is 2.75. The van der Waals surface area contributed by atoms with E-state index in [0.29, 0.717) is 5.02 Å². The number of aliphatic carboxylic acids is 1. The number of rotatable bonds is 2. The van der Waals surface area contributed by atoms with Crippen LogP contribution < -0.4 is 5.43 Å². The molecular formula is C11H6Cl2O4. The third-order valence-electron chi connectivity index (χ3n) is 2.21. The van der Waals surface area contributed by atoms with Gasteiger partial charge >= 0.3 is 5.97 Å². The molecule has 2 aromatic rings. The zero-order valence-corrected chi connectivity index (χ0v) is 9.88. The molecule has 0 aliphatic rings. The lowest BCUT2D eigenvalue weighted by Gasteiger charge is -2.02. The van der Waals surface area contributed by atoms with Crippen molar-refractivity contribution in [3.8, 4) is 0 Å². The number of halogens is 2. The second-order valence-corrected chi connectivity index (χ2v) is 4.27. The van der Waals surface area contributed by atoms with Crippen molar-refractivity contribution in [2.24, 2.45) is 0 Å². The van der Waals surface area contributed by atoms with E-state index in [1.54, 1.807) is 0 Å². The summed E-state index contributed by atoms with van der Waals surface area (Å²) in [6.45, 7) is 0. The molecule has 0 unspecified atom stereocenters. The lowest BCUT2D eigenvalue weighted by atomic mass is 10.1. The largest absolute Gasteiger partial charge is 0.481 e. The van der Waals surface area contributed by atoms with Crippen LogP contribution in [0.15, 0.2) is 27.6 Å². The van der Waals surface area contributed by atoms with Crippen LogP contribution in [0, 0.1) is 0 Å². The van der Waals surface area contributed by atoms with Gasteiger partial charge in [-0.15, -0.1) is 0 Å². The van der Waals surface area contributed by atoms with Gasteiger partial charge in [0.05, 0.1) is 23.1 Å². The summed E-state index contributed by atoms with van der Waals surface area (Å²) in [7, 11) is 0. The quantitative estimate of drug-likeness (QED) is 0.913. The van der Waals surface area contributed by atoms with Gasteiger partial charge in [-0.2, -0.15) is 0 Å². The monoisotopic (exact) mass is 272 g/mol. The molecular weight excluding hydrogens is 267 g/mol. The number of benzene rings is 1. The van der Waals surface area contributed by atoms with E-state index in [1.807, 2.05) is 0 Å². The van der Waals surface area contributed by atoms with E-state index in [2.05, 4.69) is 0 Å². The van der Waals surface area contributed by atoms with Gasteiger partial charge in [0.1, 0.15) is 0 Å². The normalized spacial score (nSPS) is 10.7. The fraction of sp³-hybridized carbons (Fsp3) is 0.0909. The van der Waals surface area contributed by atoms with Gasteiger partial charge in [-0.1, -0.05) is 23.2 Å². The van der Waals surface area contributed by atoms with Crippen molar-refractivity contribution < 1.29 is 14.3 Å². The van der Waals surface area contributed by atoms with E-state index in [1.165, 1.54) is 12.1 Å². The van der Waals surface area contributed by atoms with Crippen LogP contribution >= 0.6 is 23.2 Å². The summed E-state index contributed by atoms with van der Waals surface area (Å²) >= 11 is 11.6. The van der Waals surface area contributed by atoms with Crippen molar-refractivity contribution in [2.75, 3.05) is 0 Å². The van der Waals surface area contributed by atoms with E-state index in [9.17, 15) is 9.59 Å². The molecule has 0 spiro atoms. The van der Waals surface area contributed by atoms with E-state index in [4.69, 9.17) is 32.7 Å². The van der Waals surface area contributed by atoms with Gasteiger partial charge in [-0.25, -0.2) is 0 Å². The Morgan fingerprint density at radius 3 is 2.71 bits per heavy atom. The van der Waals surface area contributed by atoms with Crippen molar-refractivity contribution in [3.05, 3.63) is 44.2 Å². The second kappa shape index (κ2) is 4.39. The lowest BCUT2D eigenvalue weighted by Crippen LogP contribution is -2.13.